The predicted octanol–water partition coefficient (Wildman–Crippen LogP) is 2.76. The van der Waals surface area contributed by atoms with Crippen LogP contribution in [0, 0.1) is 5.82 Å². The first-order valence-electron chi connectivity index (χ1n) is 7.04. The number of halogens is 1. The Hall–Kier alpha value is -2.20. The summed E-state index contributed by atoms with van der Waals surface area (Å²) in [7, 11) is 0. The second-order valence-electron chi connectivity index (χ2n) is 5.24. The van der Waals surface area contributed by atoms with E-state index < -0.39 is 0 Å². The van der Waals surface area contributed by atoms with Gasteiger partial charge in [0.05, 0.1) is 6.54 Å². The number of carbonyl (C=O) groups is 1. The summed E-state index contributed by atoms with van der Waals surface area (Å²) in [6.45, 7) is 0.565. The summed E-state index contributed by atoms with van der Waals surface area (Å²) in [5.41, 5.74) is 8.79. The maximum Gasteiger partial charge on any atom is 0.227 e. The molecule has 0 saturated carbocycles. The lowest BCUT2D eigenvalue weighted by Gasteiger charge is -2.29. The highest BCUT2D eigenvalue weighted by atomic mass is 19.1. The molecule has 108 valence electrons. The van der Waals surface area contributed by atoms with Crippen LogP contribution in [0.3, 0.4) is 0 Å². The molecule has 0 spiro atoms. The fourth-order valence-corrected chi connectivity index (χ4v) is 2.69. The normalized spacial score (nSPS) is 14.2. The lowest BCUT2D eigenvalue weighted by Crippen LogP contribution is -2.34. The molecule has 2 aromatic carbocycles. The third-order valence-corrected chi connectivity index (χ3v) is 3.87. The zero-order valence-electron chi connectivity index (χ0n) is 11.7. The molecule has 0 radical (unpaired) electrons. The molecule has 0 aliphatic carbocycles. The SMILES string of the molecule is NCc1ccc(CN2C(=O)CCc3ccccc32)c(F)c1. The average Bonchev–Trinajstić information content (AvgIpc) is 2.51. The first-order valence-corrected chi connectivity index (χ1v) is 7.04. The fourth-order valence-electron chi connectivity index (χ4n) is 2.69. The van der Waals surface area contributed by atoms with E-state index in [0.717, 1.165) is 23.2 Å². The molecule has 1 heterocycles. The van der Waals surface area contributed by atoms with E-state index in [0.29, 0.717) is 18.5 Å². The first-order chi connectivity index (χ1) is 10.2. The number of hydrogen-bond donors (Lipinski definition) is 1. The molecule has 0 fully saturated rings. The number of benzene rings is 2. The highest BCUT2D eigenvalue weighted by Crippen LogP contribution is 2.29. The van der Waals surface area contributed by atoms with Crippen molar-refractivity contribution in [3.8, 4) is 0 Å². The smallest absolute Gasteiger partial charge is 0.227 e. The molecule has 21 heavy (non-hydrogen) atoms. The lowest BCUT2D eigenvalue weighted by molar-refractivity contribution is -0.119. The van der Waals surface area contributed by atoms with E-state index in [1.807, 2.05) is 24.3 Å². The molecule has 0 bridgehead atoms. The minimum Gasteiger partial charge on any atom is -0.326 e. The van der Waals surface area contributed by atoms with Crippen molar-refractivity contribution in [1.82, 2.24) is 0 Å². The molecule has 3 rings (SSSR count). The summed E-state index contributed by atoms with van der Waals surface area (Å²) in [4.78, 5) is 13.8. The highest BCUT2D eigenvalue weighted by Gasteiger charge is 2.24. The second-order valence-corrected chi connectivity index (χ2v) is 5.24. The Morgan fingerprint density at radius 3 is 2.71 bits per heavy atom. The summed E-state index contributed by atoms with van der Waals surface area (Å²) in [6, 6.07) is 12.7. The van der Waals surface area contributed by atoms with Gasteiger partial charge >= 0.3 is 0 Å². The van der Waals surface area contributed by atoms with Crippen molar-refractivity contribution in [2.75, 3.05) is 4.90 Å². The van der Waals surface area contributed by atoms with Gasteiger partial charge in [-0.15, -0.1) is 0 Å². The minimum absolute atomic E-state index is 0.0380. The quantitative estimate of drug-likeness (QED) is 0.942. The number of fused-ring (bicyclic) bond motifs is 1. The number of aryl methyl sites for hydroxylation is 1. The second kappa shape index (κ2) is 5.66. The van der Waals surface area contributed by atoms with Gasteiger partial charge in [-0.2, -0.15) is 0 Å². The third kappa shape index (κ3) is 2.67. The van der Waals surface area contributed by atoms with Gasteiger partial charge in [0.15, 0.2) is 0 Å². The maximum atomic E-state index is 14.1. The van der Waals surface area contributed by atoms with Crippen LogP contribution in [-0.4, -0.2) is 5.91 Å². The van der Waals surface area contributed by atoms with Crippen LogP contribution in [0.4, 0.5) is 10.1 Å². The molecule has 0 atom stereocenters. The average molecular weight is 284 g/mol. The third-order valence-electron chi connectivity index (χ3n) is 3.87. The molecule has 3 nitrogen and oxygen atoms in total. The number of nitrogens with zero attached hydrogens (tertiary/aromatic N) is 1. The van der Waals surface area contributed by atoms with Gasteiger partial charge in [-0.3, -0.25) is 4.79 Å². The van der Waals surface area contributed by atoms with Crippen molar-refractivity contribution in [3.63, 3.8) is 0 Å². The van der Waals surface area contributed by atoms with Gasteiger partial charge in [-0.05, 0) is 29.7 Å². The Morgan fingerprint density at radius 1 is 1.14 bits per heavy atom. The van der Waals surface area contributed by atoms with E-state index in [1.54, 1.807) is 17.0 Å². The van der Waals surface area contributed by atoms with Crippen LogP contribution in [0.15, 0.2) is 42.5 Å². The van der Waals surface area contributed by atoms with Crippen LogP contribution >= 0.6 is 0 Å². The summed E-state index contributed by atoms with van der Waals surface area (Å²) in [6.07, 6.45) is 1.22. The van der Waals surface area contributed by atoms with Gasteiger partial charge in [-0.25, -0.2) is 4.39 Å². The van der Waals surface area contributed by atoms with E-state index in [4.69, 9.17) is 5.73 Å². The van der Waals surface area contributed by atoms with Crippen molar-refractivity contribution in [3.05, 3.63) is 65.0 Å². The minimum atomic E-state index is -0.311. The molecule has 2 N–H and O–H groups in total. The zero-order chi connectivity index (χ0) is 14.8. The van der Waals surface area contributed by atoms with Crippen molar-refractivity contribution >= 4 is 11.6 Å². The van der Waals surface area contributed by atoms with Gasteiger partial charge in [-0.1, -0.05) is 30.3 Å². The summed E-state index contributed by atoms with van der Waals surface area (Å²) < 4.78 is 14.1. The lowest BCUT2D eigenvalue weighted by atomic mass is 10.00. The molecule has 2 aromatic rings. The predicted molar refractivity (Wildman–Crippen MR) is 80.2 cm³/mol. The summed E-state index contributed by atoms with van der Waals surface area (Å²) >= 11 is 0. The van der Waals surface area contributed by atoms with E-state index in [9.17, 15) is 9.18 Å². The monoisotopic (exact) mass is 284 g/mol. The Morgan fingerprint density at radius 2 is 1.95 bits per heavy atom. The maximum absolute atomic E-state index is 14.1. The highest BCUT2D eigenvalue weighted by molar-refractivity contribution is 5.96. The van der Waals surface area contributed by atoms with Crippen molar-refractivity contribution in [2.24, 2.45) is 5.73 Å². The number of amides is 1. The standard InChI is InChI=1S/C17H17FN2O/c18-15-9-12(10-19)5-6-14(15)11-20-16-4-2-1-3-13(16)7-8-17(20)21/h1-6,9H,7-8,10-11,19H2. The van der Waals surface area contributed by atoms with E-state index >= 15 is 0 Å². The van der Waals surface area contributed by atoms with Gasteiger partial charge in [0.25, 0.3) is 0 Å². The Labute approximate surface area is 123 Å². The molecule has 0 aromatic heterocycles. The number of hydrogen-bond acceptors (Lipinski definition) is 2. The number of para-hydroxylation sites is 1. The first kappa shape index (κ1) is 13.8. The van der Waals surface area contributed by atoms with Gasteiger partial charge in [0, 0.05) is 24.2 Å². The zero-order valence-corrected chi connectivity index (χ0v) is 11.7. The van der Waals surface area contributed by atoms with Gasteiger partial charge in [0.2, 0.25) is 5.91 Å². The molecule has 0 saturated heterocycles. The van der Waals surface area contributed by atoms with Crippen LogP contribution in [-0.2, 0) is 24.3 Å². The largest absolute Gasteiger partial charge is 0.326 e. The summed E-state index contributed by atoms with van der Waals surface area (Å²) in [5, 5.41) is 0. The van der Waals surface area contributed by atoms with E-state index in [1.165, 1.54) is 6.07 Å². The fraction of sp³-hybridized carbons (Fsp3) is 0.235. The van der Waals surface area contributed by atoms with Crippen LogP contribution in [0.5, 0.6) is 0 Å². The number of rotatable bonds is 3. The van der Waals surface area contributed by atoms with E-state index in [2.05, 4.69) is 0 Å². The molecular weight excluding hydrogens is 267 g/mol. The molecule has 0 unspecified atom stereocenters. The number of anilines is 1. The Balaban J connectivity index is 1.92. The number of nitrogens with two attached hydrogens (primary N) is 1. The number of carbonyl (C=O) groups excluding carboxylic acids is 1. The van der Waals surface area contributed by atoms with Gasteiger partial charge < -0.3 is 10.6 Å². The van der Waals surface area contributed by atoms with Crippen LogP contribution in [0.2, 0.25) is 0 Å². The Bertz CT molecular complexity index is 684. The molecule has 4 heteroatoms. The molecule has 1 amide bonds. The summed E-state index contributed by atoms with van der Waals surface area (Å²) in [5.74, 6) is -0.273. The Kier molecular flexibility index (Phi) is 3.71. The van der Waals surface area contributed by atoms with Crippen molar-refractivity contribution in [1.29, 1.82) is 0 Å². The van der Waals surface area contributed by atoms with E-state index in [-0.39, 0.29) is 18.3 Å². The topological polar surface area (TPSA) is 46.3 Å². The van der Waals surface area contributed by atoms with Crippen LogP contribution in [0.25, 0.3) is 0 Å². The van der Waals surface area contributed by atoms with Crippen LogP contribution in [0.1, 0.15) is 23.1 Å². The van der Waals surface area contributed by atoms with Crippen molar-refractivity contribution < 1.29 is 9.18 Å². The molecule has 1 aliphatic heterocycles. The van der Waals surface area contributed by atoms with Crippen molar-refractivity contribution in [2.45, 2.75) is 25.9 Å². The molecular formula is C17H17FN2O. The van der Waals surface area contributed by atoms with Gasteiger partial charge in [0.1, 0.15) is 5.82 Å². The molecule has 1 aliphatic rings. The van der Waals surface area contributed by atoms with Crippen LogP contribution < -0.4 is 10.6 Å².